The van der Waals surface area contributed by atoms with Crippen LogP contribution in [0.2, 0.25) is 0 Å². The van der Waals surface area contributed by atoms with Crippen LogP contribution in [0.5, 0.6) is 5.75 Å². The molecule has 0 heterocycles. The quantitative estimate of drug-likeness (QED) is 0.908. The first kappa shape index (κ1) is 13.6. The highest BCUT2D eigenvalue weighted by atomic mass is 19.1. The highest BCUT2D eigenvalue weighted by Crippen LogP contribution is 2.32. The van der Waals surface area contributed by atoms with Gasteiger partial charge in [0.25, 0.3) is 0 Å². The molecule has 4 heteroatoms. The van der Waals surface area contributed by atoms with Gasteiger partial charge in [0, 0.05) is 12.0 Å². The zero-order valence-corrected chi connectivity index (χ0v) is 11.5. The van der Waals surface area contributed by atoms with Crippen LogP contribution in [0.25, 0.3) is 0 Å². The second-order valence-electron chi connectivity index (χ2n) is 5.18. The summed E-state index contributed by atoms with van der Waals surface area (Å²) in [6.45, 7) is 0.374. The minimum absolute atomic E-state index is 0.0647. The molecule has 0 spiro atoms. The molecule has 1 amide bonds. The van der Waals surface area contributed by atoms with Crippen molar-refractivity contribution < 1.29 is 13.9 Å². The van der Waals surface area contributed by atoms with E-state index in [0.29, 0.717) is 18.0 Å². The average molecular weight is 285 g/mol. The van der Waals surface area contributed by atoms with E-state index in [0.717, 1.165) is 18.4 Å². The van der Waals surface area contributed by atoms with E-state index < -0.39 is 5.82 Å². The molecular formula is C17H16FNO2. The van der Waals surface area contributed by atoms with Gasteiger partial charge in [-0.3, -0.25) is 4.79 Å². The second kappa shape index (κ2) is 5.95. The average Bonchev–Trinajstić information content (AvgIpc) is 3.32. The minimum Gasteiger partial charge on any atom is -0.487 e. The number of anilines is 1. The Labute approximate surface area is 122 Å². The van der Waals surface area contributed by atoms with Crippen molar-refractivity contribution in [3.8, 4) is 5.75 Å². The summed E-state index contributed by atoms with van der Waals surface area (Å²) in [5.41, 5.74) is 1.41. The van der Waals surface area contributed by atoms with E-state index in [2.05, 4.69) is 5.32 Å². The van der Waals surface area contributed by atoms with Crippen molar-refractivity contribution in [1.82, 2.24) is 0 Å². The van der Waals surface area contributed by atoms with Gasteiger partial charge in [-0.25, -0.2) is 4.39 Å². The molecule has 3 nitrogen and oxygen atoms in total. The summed E-state index contributed by atoms with van der Waals surface area (Å²) >= 11 is 0. The zero-order valence-electron chi connectivity index (χ0n) is 11.5. The molecule has 0 bridgehead atoms. The van der Waals surface area contributed by atoms with Gasteiger partial charge in [0.15, 0.2) is 0 Å². The Morgan fingerprint density at radius 3 is 2.67 bits per heavy atom. The largest absolute Gasteiger partial charge is 0.487 e. The van der Waals surface area contributed by atoms with E-state index >= 15 is 0 Å². The second-order valence-corrected chi connectivity index (χ2v) is 5.18. The Hall–Kier alpha value is -2.36. The van der Waals surface area contributed by atoms with Crippen LogP contribution in [0.4, 0.5) is 10.1 Å². The SMILES string of the molecule is O=C(Nc1cc(F)ccc1OCc1ccccc1)C1CC1. The predicted octanol–water partition coefficient (Wildman–Crippen LogP) is 3.75. The van der Waals surface area contributed by atoms with Crippen molar-refractivity contribution in [2.75, 3.05) is 5.32 Å². The first-order chi connectivity index (χ1) is 10.2. The lowest BCUT2D eigenvalue weighted by Gasteiger charge is -2.12. The Bertz CT molecular complexity index is 638. The predicted molar refractivity (Wildman–Crippen MR) is 78.5 cm³/mol. The van der Waals surface area contributed by atoms with Crippen molar-refractivity contribution in [2.24, 2.45) is 5.92 Å². The fourth-order valence-electron chi connectivity index (χ4n) is 2.04. The van der Waals surface area contributed by atoms with E-state index in [1.165, 1.54) is 12.1 Å². The van der Waals surface area contributed by atoms with E-state index in [-0.39, 0.29) is 11.8 Å². The highest BCUT2D eigenvalue weighted by Gasteiger charge is 2.30. The number of benzene rings is 2. The summed E-state index contributed by atoms with van der Waals surface area (Å²) in [6, 6.07) is 13.9. The van der Waals surface area contributed by atoms with Gasteiger partial charge in [0.1, 0.15) is 18.2 Å². The Morgan fingerprint density at radius 2 is 1.95 bits per heavy atom. The molecule has 21 heavy (non-hydrogen) atoms. The first-order valence-corrected chi connectivity index (χ1v) is 6.99. The molecular weight excluding hydrogens is 269 g/mol. The topological polar surface area (TPSA) is 38.3 Å². The van der Waals surface area contributed by atoms with Gasteiger partial charge >= 0.3 is 0 Å². The van der Waals surface area contributed by atoms with Crippen LogP contribution in [0.15, 0.2) is 48.5 Å². The summed E-state index contributed by atoms with van der Waals surface area (Å²) < 4.78 is 19.1. The van der Waals surface area contributed by atoms with Crippen LogP contribution in [0, 0.1) is 11.7 Å². The van der Waals surface area contributed by atoms with Crippen molar-refractivity contribution in [3.63, 3.8) is 0 Å². The van der Waals surface area contributed by atoms with Crippen LogP contribution >= 0.6 is 0 Å². The standard InChI is InChI=1S/C17H16FNO2/c18-14-8-9-16(21-11-12-4-2-1-3-5-12)15(10-14)19-17(20)13-6-7-13/h1-5,8-10,13H,6-7,11H2,(H,19,20). The molecule has 1 fully saturated rings. The summed E-state index contributed by atoms with van der Waals surface area (Å²) in [5.74, 6) is 0.0859. The molecule has 1 aliphatic carbocycles. The number of rotatable bonds is 5. The number of hydrogen-bond acceptors (Lipinski definition) is 2. The molecule has 1 N–H and O–H groups in total. The van der Waals surface area contributed by atoms with Crippen molar-refractivity contribution in [2.45, 2.75) is 19.4 Å². The summed E-state index contributed by atoms with van der Waals surface area (Å²) in [5, 5.41) is 2.75. The zero-order chi connectivity index (χ0) is 14.7. The lowest BCUT2D eigenvalue weighted by molar-refractivity contribution is -0.117. The maximum absolute atomic E-state index is 13.4. The monoisotopic (exact) mass is 285 g/mol. The van der Waals surface area contributed by atoms with Gasteiger partial charge in [-0.05, 0) is 30.5 Å². The Kier molecular flexibility index (Phi) is 3.86. The number of amides is 1. The van der Waals surface area contributed by atoms with Crippen molar-refractivity contribution >= 4 is 11.6 Å². The molecule has 2 aromatic rings. The van der Waals surface area contributed by atoms with Crippen LogP contribution in [-0.4, -0.2) is 5.91 Å². The maximum atomic E-state index is 13.4. The fourth-order valence-corrected chi connectivity index (χ4v) is 2.04. The molecule has 0 saturated heterocycles. The van der Waals surface area contributed by atoms with Crippen LogP contribution in [-0.2, 0) is 11.4 Å². The molecule has 0 radical (unpaired) electrons. The molecule has 1 aliphatic rings. The lowest BCUT2D eigenvalue weighted by atomic mass is 10.2. The molecule has 3 rings (SSSR count). The molecule has 108 valence electrons. The summed E-state index contributed by atoms with van der Waals surface area (Å²) in [4.78, 5) is 11.8. The maximum Gasteiger partial charge on any atom is 0.227 e. The van der Waals surface area contributed by atoms with E-state index in [1.54, 1.807) is 6.07 Å². The van der Waals surface area contributed by atoms with E-state index in [9.17, 15) is 9.18 Å². The third kappa shape index (κ3) is 3.60. The van der Waals surface area contributed by atoms with Crippen molar-refractivity contribution in [1.29, 1.82) is 0 Å². The highest BCUT2D eigenvalue weighted by molar-refractivity contribution is 5.95. The van der Waals surface area contributed by atoms with Gasteiger partial charge in [-0.1, -0.05) is 30.3 Å². The van der Waals surface area contributed by atoms with Crippen LogP contribution < -0.4 is 10.1 Å². The van der Waals surface area contributed by atoms with Gasteiger partial charge in [0.2, 0.25) is 5.91 Å². The smallest absolute Gasteiger partial charge is 0.227 e. The fraction of sp³-hybridized carbons (Fsp3) is 0.235. The molecule has 0 atom stereocenters. The molecule has 0 unspecified atom stereocenters. The van der Waals surface area contributed by atoms with Gasteiger partial charge < -0.3 is 10.1 Å². The van der Waals surface area contributed by atoms with Crippen LogP contribution in [0.1, 0.15) is 18.4 Å². The van der Waals surface area contributed by atoms with Gasteiger partial charge in [-0.2, -0.15) is 0 Å². The molecule has 1 saturated carbocycles. The van der Waals surface area contributed by atoms with E-state index in [4.69, 9.17) is 4.74 Å². The third-order valence-electron chi connectivity index (χ3n) is 3.38. The molecule has 2 aromatic carbocycles. The number of ether oxygens (including phenoxy) is 1. The van der Waals surface area contributed by atoms with Crippen LogP contribution in [0.3, 0.4) is 0 Å². The van der Waals surface area contributed by atoms with E-state index in [1.807, 2.05) is 30.3 Å². The third-order valence-corrected chi connectivity index (χ3v) is 3.38. The number of carbonyl (C=O) groups excluding carboxylic acids is 1. The molecule has 0 aromatic heterocycles. The number of halogens is 1. The number of hydrogen-bond donors (Lipinski definition) is 1. The Morgan fingerprint density at radius 1 is 1.19 bits per heavy atom. The number of carbonyl (C=O) groups is 1. The summed E-state index contributed by atoms with van der Waals surface area (Å²) in [6.07, 6.45) is 1.81. The first-order valence-electron chi connectivity index (χ1n) is 6.99. The number of nitrogens with one attached hydrogen (secondary N) is 1. The minimum atomic E-state index is -0.395. The normalized spacial score (nSPS) is 13.8. The van der Waals surface area contributed by atoms with Gasteiger partial charge in [0.05, 0.1) is 5.69 Å². The van der Waals surface area contributed by atoms with Crippen molar-refractivity contribution in [3.05, 3.63) is 59.9 Å². The summed E-state index contributed by atoms with van der Waals surface area (Å²) in [7, 11) is 0. The molecule has 0 aliphatic heterocycles. The lowest BCUT2D eigenvalue weighted by Crippen LogP contribution is -2.14. The Balaban J connectivity index is 1.72. The van der Waals surface area contributed by atoms with Gasteiger partial charge in [-0.15, -0.1) is 0 Å².